The number of hydrogen-bond acceptors (Lipinski definition) is 2. The zero-order chi connectivity index (χ0) is 14.6. The third-order valence-electron chi connectivity index (χ3n) is 4.28. The SMILES string of the molecule is CNC(C)C(C)(C)CN(C)C(C)c1ccc(Cl)cc1. The monoisotopic (exact) mass is 282 g/mol. The average molecular weight is 283 g/mol. The fraction of sp³-hybridized carbons (Fsp3) is 0.625. The minimum absolute atomic E-state index is 0.226. The molecule has 0 radical (unpaired) electrons. The molecule has 0 saturated heterocycles. The predicted octanol–water partition coefficient (Wildman–Crippen LogP) is 3.97. The zero-order valence-electron chi connectivity index (χ0n) is 13.0. The molecule has 0 aliphatic heterocycles. The van der Waals surface area contributed by atoms with Crippen molar-refractivity contribution in [2.24, 2.45) is 5.41 Å². The average Bonchev–Trinajstić information content (AvgIpc) is 2.37. The van der Waals surface area contributed by atoms with E-state index in [-0.39, 0.29) is 5.41 Å². The maximum Gasteiger partial charge on any atom is 0.0406 e. The molecule has 0 spiro atoms. The highest BCUT2D eigenvalue weighted by molar-refractivity contribution is 6.30. The summed E-state index contributed by atoms with van der Waals surface area (Å²) in [4.78, 5) is 2.40. The van der Waals surface area contributed by atoms with Crippen molar-refractivity contribution in [2.45, 2.75) is 39.8 Å². The van der Waals surface area contributed by atoms with Crippen LogP contribution in [0.15, 0.2) is 24.3 Å². The highest BCUT2D eigenvalue weighted by Crippen LogP contribution is 2.27. The van der Waals surface area contributed by atoms with E-state index in [4.69, 9.17) is 11.6 Å². The van der Waals surface area contributed by atoms with Crippen LogP contribution in [0.5, 0.6) is 0 Å². The molecule has 1 aromatic carbocycles. The van der Waals surface area contributed by atoms with Gasteiger partial charge in [0, 0.05) is 23.7 Å². The molecule has 1 N–H and O–H groups in total. The summed E-state index contributed by atoms with van der Waals surface area (Å²) in [6.07, 6.45) is 0. The predicted molar refractivity (Wildman–Crippen MR) is 84.8 cm³/mol. The number of rotatable bonds is 6. The van der Waals surface area contributed by atoms with Crippen molar-refractivity contribution < 1.29 is 0 Å². The normalized spacial score (nSPS) is 15.6. The molecule has 0 aliphatic rings. The summed E-state index contributed by atoms with van der Waals surface area (Å²) in [6.45, 7) is 10.1. The number of nitrogens with one attached hydrogen (secondary N) is 1. The minimum Gasteiger partial charge on any atom is -0.317 e. The van der Waals surface area contributed by atoms with Crippen molar-refractivity contribution in [2.75, 3.05) is 20.6 Å². The molecule has 1 aromatic rings. The van der Waals surface area contributed by atoms with Crippen molar-refractivity contribution in [1.82, 2.24) is 10.2 Å². The highest BCUT2D eigenvalue weighted by atomic mass is 35.5. The number of hydrogen-bond donors (Lipinski definition) is 1. The van der Waals surface area contributed by atoms with Gasteiger partial charge in [-0.1, -0.05) is 37.6 Å². The van der Waals surface area contributed by atoms with Gasteiger partial charge in [0.1, 0.15) is 0 Å². The van der Waals surface area contributed by atoms with Gasteiger partial charge < -0.3 is 5.32 Å². The number of halogens is 1. The lowest BCUT2D eigenvalue weighted by atomic mass is 9.84. The Labute approximate surface area is 123 Å². The second-order valence-electron chi connectivity index (χ2n) is 6.14. The van der Waals surface area contributed by atoms with E-state index in [1.165, 1.54) is 5.56 Å². The van der Waals surface area contributed by atoms with Gasteiger partial charge in [0.25, 0.3) is 0 Å². The Balaban J connectivity index is 2.72. The summed E-state index contributed by atoms with van der Waals surface area (Å²) in [5, 5.41) is 4.15. The Bertz CT molecular complexity index is 386. The van der Waals surface area contributed by atoms with Crippen molar-refractivity contribution in [3.63, 3.8) is 0 Å². The molecule has 0 aromatic heterocycles. The first-order chi connectivity index (χ1) is 8.77. The fourth-order valence-corrected chi connectivity index (χ4v) is 2.43. The molecular weight excluding hydrogens is 256 g/mol. The van der Waals surface area contributed by atoms with E-state index in [9.17, 15) is 0 Å². The van der Waals surface area contributed by atoms with E-state index in [1.807, 2.05) is 19.2 Å². The van der Waals surface area contributed by atoms with E-state index < -0.39 is 0 Å². The molecular formula is C16H27ClN2. The molecule has 0 bridgehead atoms. The van der Waals surface area contributed by atoms with Crippen LogP contribution in [0.1, 0.15) is 39.3 Å². The van der Waals surface area contributed by atoms with Crippen molar-refractivity contribution in [3.8, 4) is 0 Å². The van der Waals surface area contributed by atoms with Crippen LogP contribution in [0.2, 0.25) is 5.02 Å². The topological polar surface area (TPSA) is 15.3 Å². The summed E-state index contributed by atoms with van der Waals surface area (Å²) >= 11 is 5.94. The van der Waals surface area contributed by atoms with Crippen LogP contribution < -0.4 is 5.32 Å². The van der Waals surface area contributed by atoms with Gasteiger partial charge in [-0.25, -0.2) is 0 Å². The molecule has 3 heteroatoms. The van der Waals surface area contributed by atoms with E-state index in [2.05, 4.69) is 57.1 Å². The first kappa shape index (κ1) is 16.5. The van der Waals surface area contributed by atoms with Crippen LogP contribution in [0.4, 0.5) is 0 Å². The molecule has 0 aliphatic carbocycles. The van der Waals surface area contributed by atoms with Gasteiger partial charge in [0.15, 0.2) is 0 Å². The van der Waals surface area contributed by atoms with Gasteiger partial charge >= 0.3 is 0 Å². The minimum atomic E-state index is 0.226. The van der Waals surface area contributed by atoms with Crippen LogP contribution in [0.3, 0.4) is 0 Å². The molecule has 1 rings (SSSR count). The highest BCUT2D eigenvalue weighted by Gasteiger charge is 2.27. The van der Waals surface area contributed by atoms with Gasteiger partial charge in [-0.15, -0.1) is 0 Å². The molecule has 0 saturated carbocycles. The molecule has 2 nitrogen and oxygen atoms in total. The van der Waals surface area contributed by atoms with Crippen molar-refractivity contribution >= 4 is 11.6 Å². The second kappa shape index (κ2) is 6.74. The van der Waals surface area contributed by atoms with Crippen LogP contribution >= 0.6 is 11.6 Å². The summed E-state index contributed by atoms with van der Waals surface area (Å²) in [5.41, 5.74) is 1.53. The number of benzene rings is 1. The lowest BCUT2D eigenvalue weighted by Gasteiger charge is -2.38. The van der Waals surface area contributed by atoms with Crippen LogP contribution in [-0.4, -0.2) is 31.6 Å². The second-order valence-corrected chi connectivity index (χ2v) is 6.58. The third kappa shape index (κ3) is 4.48. The molecule has 2 unspecified atom stereocenters. The Hall–Kier alpha value is -0.570. The lowest BCUT2D eigenvalue weighted by molar-refractivity contribution is 0.139. The molecule has 0 fully saturated rings. The molecule has 108 valence electrons. The molecule has 2 atom stereocenters. The van der Waals surface area contributed by atoms with Crippen molar-refractivity contribution in [1.29, 1.82) is 0 Å². The summed E-state index contributed by atoms with van der Waals surface area (Å²) in [5.74, 6) is 0. The maximum atomic E-state index is 5.94. The van der Waals surface area contributed by atoms with E-state index in [1.54, 1.807) is 0 Å². The largest absolute Gasteiger partial charge is 0.317 e. The first-order valence-corrected chi connectivity index (χ1v) is 7.28. The first-order valence-electron chi connectivity index (χ1n) is 6.91. The number of nitrogens with zero attached hydrogens (tertiary/aromatic N) is 1. The Kier molecular flexibility index (Phi) is 5.84. The van der Waals surface area contributed by atoms with Crippen LogP contribution in [0.25, 0.3) is 0 Å². The van der Waals surface area contributed by atoms with Crippen molar-refractivity contribution in [3.05, 3.63) is 34.9 Å². The van der Waals surface area contributed by atoms with Gasteiger partial charge in [-0.3, -0.25) is 4.90 Å². The van der Waals surface area contributed by atoms with Gasteiger partial charge in [-0.2, -0.15) is 0 Å². The Morgan fingerprint density at radius 1 is 1.21 bits per heavy atom. The molecule has 0 amide bonds. The van der Waals surface area contributed by atoms with Gasteiger partial charge in [0.2, 0.25) is 0 Å². The lowest BCUT2D eigenvalue weighted by Crippen LogP contribution is -2.45. The fourth-order valence-electron chi connectivity index (χ4n) is 2.30. The summed E-state index contributed by atoms with van der Waals surface area (Å²) < 4.78 is 0. The van der Waals surface area contributed by atoms with Gasteiger partial charge in [-0.05, 0) is 51.1 Å². The molecule has 19 heavy (non-hydrogen) atoms. The van der Waals surface area contributed by atoms with Crippen LogP contribution in [-0.2, 0) is 0 Å². The standard InChI is InChI=1S/C16H27ClN2/c1-12(14-7-9-15(17)10-8-14)19(6)11-16(3,4)13(2)18-5/h7-10,12-13,18H,11H2,1-6H3. The zero-order valence-corrected chi connectivity index (χ0v) is 13.8. The Morgan fingerprint density at radius 2 is 1.74 bits per heavy atom. The summed E-state index contributed by atoms with van der Waals surface area (Å²) in [7, 11) is 4.21. The van der Waals surface area contributed by atoms with E-state index in [0.717, 1.165) is 11.6 Å². The Morgan fingerprint density at radius 3 is 2.21 bits per heavy atom. The quantitative estimate of drug-likeness (QED) is 0.849. The third-order valence-corrected chi connectivity index (χ3v) is 4.53. The van der Waals surface area contributed by atoms with Gasteiger partial charge in [0.05, 0.1) is 0 Å². The van der Waals surface area contributed by atoms with E-state index in [0.29, 0.717) is 12.1 Å². The maximum absolute atomic E-state index is 5.94. The van der Waals surface area contributed by atoms with E-state index >= 15 is 0 Å². The smallest absolute Gasteiger partial charge is 0.0406 e. The summed E-state index contributed by atoms with van der Waals surface area (Å²) in [6, 6.07) is 9.01. The van der Waals surface area contributed by atoms with Crippen LogP contribution in [0, 0.1) is 5.41 Å². The molecule has 0 heterocycles.